The van der Waals surface area contributed by atoms with Crippen molar-refractivity contribution >= 4 is 6.03 Å². The van der Waals surface area contributed by atoms with Gasteiger partial charge in [-0.2, -0.15) is 5.10 Å². The lowest BCUT2D eigenvalue weighted by molar-refractivity contribution is 0.204. The van der Waals surface area contributed by atoms with Crippen molar-refractivity contribution in [1.82, 2.24) is 29.5 Å². The fraction of sp³-hybridized carbons (Fsp3) is 0.316. The number of hydrogen-bond acceptors (Lipinski definition) is 4. The van der Waals surface area contributed by atoms with Crippen LogP contribution in [0.4, 0.5) is 4.79 Å². The van der Waals surface area contributed by atoms with E-state index in [9.17, 15) is 4.79 Å². The molecule has 0 saturated carbocycles. The first-order valence-electron chi connectivity index (χ1n) is 8.58. The molecule has 8 heteroatoms. The Morgan fingerprint density at radius 3 is 2.59 bits per heavy atom. The molecule has 2 aromatic heterocycles. The van der Waals surface area contributed by atoms with E-state index in [-0.39, 0.29) is 12.1 Å². The number of carbonyl (C=O) groups is 1. The second-order valence-electron chi connectivity index (χ2n) is 6.43. The van der Waals surface area contributed by atoms with Crippen molar-refractivity contribution < 1.29 is 9.53 Å². The summed E-state index contributed by atoms with van der Waals surface area (Å²) in [5, 5.41) is 7.22. The highest BCUT2D eigenvalue weighted by Crippen LogP contribution is 2.23. The molecular weight excluding hydrogens is 344 g/mol. The minimum absolute atomic E-state index is 0.192. The zero-order valence-electron chi connectivity index (χ0n) is 16.0. The molecule has 8 nitrogen and oxygen atoms in total. The Balaban J connectivity index is 1.80. The zero-order chi connectivity index (χ0) is 19.4. The van der Waals surface area contributed by atoms with Crippen LogP contribution in [0.2, 0.25) is 0 Å². The third kappa shape index (κ3) is 4.28. The summed E-state index contributed by atoms with van der Waals surface area (Å²) in [6.45, 7) is 0.468. The number of aromatic nitrogens is 4. The average Bonchev–Trinajstić information content (AvgIpc) is 3.27. The summed E-state index contributed by atoms with van der Waals surface area (Å²) < 4.78 is 8.84. The number of benzene rings is 1. The maximum Gasteiger partial charge on any atom is 0.318 e. The monoisotopic (exact) mass is 368 g/mol. The van der Waals surface area contributed by atoms with Crippen LogP contribution in [0.15, 0.2) is 49.1 Å². The van der Waals surface area contributed by atoms with Gasteiger partial charge in [0.1, 0.15) is 17.6 Å². The smallest absolute Gasteiger partial charge is 0.318 e. The van der Waals surface area contributed by atoms with Crippen LogP contribution in [0.25, 0.3) is 0 Å². The van der Waals surface area contributed by atoms with Crippen molar-refractivity contribution in [2.75, 3.05) is 14.2 Å². The molecule has 0 aliphatic heterocycles. The average molecular weight is 368 g/mol. The van der Waals surface area contributed by atoms with Crippen LogP contribution in [0, 0.1) is 0 Å². The first-order chi connectivity index (χ1) is 13.0. The molecule has 0 saturated heterocycles. The molecule has 142 valence electrons. The zero-order valence-corrected chi connectivity index (χ0v) is 16.0. The number of nitrogens with one attached hydrogen (secondary N) is 1. The quantitative estimate of drug-likeness (QED) is 0.723. The van der Waals surface area contributed by atoms with Crippen LogP contribution >= 0.6 is 0 Å². The number of nitrogens with zero attached hydrogens (tertiary/aromatic N) is 5. The standard InChI is InChI=1S/C19H24N6O2/c1-23-10-9-20-18(23)17(15-5-7-16(27-4)8-6-15)22-19(26)24(2)12-14-11-21-25(3)13-14/h5-11,13,17H,12H2,1-4H3,(H,22,26). The number of imidazole rings is 1. The second kappa shape index (κ2) is 7.94. The predicted octanol–water partition coefficient (Wildman–Crippen LogP) is 2.09. The molecule has 1 aromatic carbocycles. The Morgan fingerprint density at radius 2 is 2.04 bits per heavy atom. The van der Waals surface area contributed by atoms with Crippen molar-refractivity contribution in [3.8, 4) is 5.75 Å². The van der Waals surface area contributed by atoms with Crippen LogP contribution < -0.4 is 10.1 Å². The van der Waals surface area contributed by atoms with E-state index in [1.54, 1.807) is 36.1 Å². The maximum absolute atomic E-state index is 12.8. The normalized spacial score (nSPS) is 11.9. The molecule has 0 bridgehead atoms. The van der Waals surface area contributed by atoms with Gasteiger partial charge in [-0.05, 0) is 17.7 Å². The van der Waals surface area contributed by atoms with E-state index in [4.69, 9.17) is 4.74 Å². The molecule has 27 heavy (non-hydrogen) atoms. The molecule has 3 rings (SSSR count). The highest BCUT2D eigenvalue weighted by molar-refractivity contribution is 5.74. The SMILES string of the molecule is COc1ccc(C(NC(=O)N(C)Cc2cnn(C)c2)c2nccn2C)cc1. The largest absolute Gasteiger partial charge is 0.497 e. The van der Waals surface area contributed by atoms with E-state index < -0.39 is 0 Å². The Kier molecular flexibility index (Phi) is 5.44. The topological polar surface area (TPSA) is 77.2 Å². The third-order valence-electron chi connectivity index (χ3n) is 4.36. The number of ether oxygens (including phenoxy) is 1. The van der Waals surface area contributed by atoms with E-state index in [0.29, 0.717) is 6.54 Å². The van der Waals surface area contributed by atoms with Gasteiger partial charge in [-0.3, -0.25) is 4.68 Å². The van der Waals surface area contributed by atoms with Gasteiger partial charge in [-0.15, -0.1) is 0 Å². The molecule has 0 radical (unpaired) electrons. The fourth-order valence-electron chi connectivity index (χ4n) is 2.88. The molecule has 0 aliphatic carbocycles. The van der Waals surface area contributed by atoms with Crippen LogP contribution in [0.5, 0.6) is 5.75 Å². The molecule has 0 aliphatic rings. The van der Waals surface area contributed by atoms with E-state index in [1.807, 2.05) is 55.3 Å². The highest BCUT2D eigenvalue weighted by Gasteiger charge is 2.22. The number of urea groups is 1. The van der Waals surface area contributed by atoms with Crippen molar-refractivity contribution in [2.45, 2.75) is 12.6 Å². The van der Waals surface area contributed by atoms with Crippen LogP contribution in [-0.2, 0) is 20.6 Å². The molecule has 3 aromatic rings. The van der Waals surface area contributed by atoms with E-state index in [2.05, 4.69) is 15.4 Å². The van der Waals surface area contributed by atoms with E-state index >= 15 is 0 Å². The molecule has 2 amide bonds. The Morgan fingerprint density at radius 1 is 1.30 bits per heavy atom. The van der Waals surface area contributed by atoms with E-state index in [1.165, 1.54) is 0 Å². The van der Waals surface area contributed by atoms with Crippen molar-refractivity contribution in [1.29, 1.82) is 0 Å². The number of carbonyl (C=O) groups excluding carboxylic acids is 1. The summed E-state index contributed by atoms with van der Waals surface area (Å²) in [4.78, 5) is 18.8. The Bertz CT molecular complexity index is 899. The molecule has 1 atom stereocenters. The van der Waals surface area contributed by atoms with Crippen molar-refractivity contribution in [3.05, 3.63) is 66.0 Å². The van der Waals surface area contributed by atoms with Crippen molar-refractivity contribution in [2.24, 2.45) is 14.1 Å². The lowest BCUT2D eigenvalue weighted by atomic mass is 10.1. The maximum atomic E-state index is 12.8. The van der Waals surface area contributed by atoms with Gasteiger partial charge in [0.25, 0.3) is 0 Å². The van der Waals surface area contributed by atoms with Crippen LogP contribution in [0.1, 0.15) is 23.0 Å². The third-order valence-corrected chi connectivity index (χ3v) is 4.36. The summed E-state index contributed by atoms with van der Waals surface area (Å²) in [7, 11) is 7.14. The van der Waals surface area contributed by atoms with E-state index in [0.717, 1.165) is 22.7 Å². The number of hydrogen-bond donors (Lipinski definition) is 1. The number of methoxy groups -OCH3 is 1. The molecule has 0 spiro atoms. The summed E-state index contributed by atoms with van der Waals surface area (Å²) in [6, 6.07) is 7.04. The number of rotatable bonds is 6. The molecule has 1 N–H and O–H groups in total. The predicted molar refractivity (Wildman–Crippen MR) is 101 cm³/mol. The first kappa shape index (κ1) is 18.5. The number of aryl methyl sites for hydroxylation is 2. The van der Waals surface area contributed by atoms with Crippen molar-refractivity contribution in [3.63, 3.8) is 0 Å². The summed E-state index contributed by atoms with van der Waals surface area (Å²) in [5.74, 6) is 1.51. The second-order valence-corrected chi connectivity index (χ2v) is 6.43. The summed E-state index contributed by atoms with van der Waals surface area (Å²) in [5.41, 5.74) is 1.89. The molecule has 1 unspecified atom stereocenters. The summed E-state index contributed by atoms with van der Waals surface area (Å²) >= 11 is 0. The van der Waals surface area contributed by atoms with Gasteiger partial charge in [0.15, 0.2) is 0 Å². The van der Waals surface area contributed by atoms with Gasteiger partial charge < -0.3 is 19.5 Å². The minimum Gasteiger partial charge on any atom is -0.497 e. The van der Waals surface area contributed by atoms with Gasteiger partial charge in [0, 0.05) is 45.3 Å². The van der Waals surface area contributed by atoms with Gasteiger partial charge in [0.05, 0.1) is 19.9 Å². The molecule has 0 fully saturated rings. The van der Waals surface area contributed by atoms with Crippen LogP contribution in [0.3, 0.4) is 0 Å². The fourth-order valence-corrected chi connectivity index (χ4v) is 2.88. The lowest BCUT2D eigenvalue weighted by Gasteiger charge is -2.23. The van der Waals surface area contributed by atoms with Gasteiger partial charge in [-0.1, -0.05) is 12.1 Å². The molecule has 2 heterocycles. The lowest BCUT2D eigenvalue weighted by Crippen LogP contribution is -2.40. The molecular formula is C19H24N6O2. The number of amides is 2. The highest BCUT2D eigenvalue weighted by atomic mass is 16.5. The van der Waals surface area contributed by atoms with Gasteiger partial charge in [0.2, 0.25) is 0 Å². The Hall–Kier alpha value is -3.29. The van der Waals surface area contributed by atoms with Crippen LogP contribution in [-0.4, -0.2) is 44.4 Å². The first-order valence-corrected chi connectivity index (χ1v) is 8.58. The summed E-state index contributed by atoms with van der Waals surface area (Å²) in [6.07, 6.45) is 7.22. The van der Waals surface area contributed by atoms with Gasteiger partial charge in [-0.25, -0.2) is 9.78 Å². The Labute approximate surface area is 158 Å². The minimum atomic E-state index is -0.375. The van der Waals surface area contributed by atoms with Gasteiger partial charge >= 0.3 is 6.03 Å².